The van der Waals surface area contributed by atoms with Crippen molar-refractivity contribution in [1.82, 2.24) is 0 Å². The Hall–Kier alpha value is -1.10. The van der Waals surface area contributed by atoms with Gasteiger partial charge in [-0.3, -0.25) is 4.79 Å². The molecule has 0 radical (unpaired) electrons. The van der Waals surface area contributed by atoms with Crippen LogP contribution in [0.1, 0.15) is 96.8 Å². The summed E-state index contributed by atoms with van der Waals surface area (Å²) in [6.45, 7) is 3.62. The largest absolute Gasteiger partial charge is 0.550 e. The van der Waals surface area contributed by atoms with Crippen molar-refractivity contribution in [3.05, 3.63) is 0 Å². The molecule has 0 saturated heterocycles. The highest BCUT2D eigenvalue weighted by Gasteiger charge is 2.04. The maximum absolute atomic E-state index is 9.61. The Labute approximate surface area is 161 Å². The normalized spacial score (nSPS) is 10.9. The van der Waals surface area contributed by atoms with Crippen LogP contribution < -0.4 is 5.11 Å². The van der Waals surface area contributed by atoms with Gasteiger partial charge in [0, 0.05) is 5.97 Å². The number of carboxylic acid groups (broad SMARTS) is 2. The predicted molar refractivity (Wildman–Crippen MR) is 106 cm³/mol. The molecule has 1 N–H and O–H groups in total. The van der Waals surface area contributed by atoms with Gasteiger partial charge in [0.25, 0.3) is 0 Å². The third-order valence-corrected chi connectivity index (χ3v) is 4.23. The van der Waals surface area contributed by atoms with Crippen LogP contribution in [0.2, 0.25) is 0 Å². The van der Waals surface area contributed by atoms with Gasteiger partial charge in [-0.2, -0.15) is 0 Å². The third kappa shape index (κ3) is 30.7. The van der Waals surface area contributed by atoms with E-state index in [-0.39, 0.29) is 6.42 Å². The minimum atomic E-state index is -1.33. The van der Waals surface area contributed by atoms with Crippen LogP contribution >= 0.6 is 0 Å². The highest BCUT2D eigenvalue weighted by atomic mass is 16.4. The molecule has 0 unspecified atom stereocenters. The quantitative estimate of drug-likeness (QED) is 0.328. The Morgan fingerprint density at radius 1 is 0.731 bits per heavy atom. The van der Waals surface area contributed by atoms with Crippen LogP contribution in [0.5, 0.6) is 0 Å². The topological polar surface area (TPSA) is 77.4 Å². The van der Waals surface area contributed by atoms with Gasteiger partial charge in [-0.1, -0.05) is 71.1 Å². The first kappa shape index (κ1) is 27.1. The lowest BCUT2D eigenvalue weighted by Gasteiger charge is -2.23. The number of hydrogen-bond acceptors (Lipinski definition) is 3. The summed E-state index contributed by atoms with van der Waals surface area (Å²) in [6, 6.07) is 0. The Morgan fingerprint density at radius 2 is 1.12 bits per heavy atom. The zero-order chi connectivity index (χ0) is 20.3. The molecule has 0 amide bonds. The number of hydrogen-bond donors (Lipinski definition) is 1. The lowest BCUT2D eigenvalue weighted by atomic mass is 10.1. The summed E-state index contributed by atoms with van der Waals surface area (Å²) in [6.07, 6.45) is 16.6. The molecule has 0 aromatic carbocycles. The van der Waals surface area contributed by atoms with Crippen molar-refractivity contribution in [2.45, 2.75) is 96.8 Å². The Balaban J connectivity index is 0. The average molecular weight is 374 g/mol. The van der Waals surface area contributed by atoms with Crippen molar-refractivity contribution in [2.24, 2.45) is 0 Å². The van der Waals surface area contributed by atoms with Crippen LogP contribution in [0, 0.1) is 0 Å². The second-order valence-corrected chi connectivity index (χ2v) is 8.17. The second-order valence-electron chi connectivity index (χ2n) is 8.17. The van der Waals surface area contributed by atoms with Gasteiger partial charge in [0.15, 0.2) is 0 Å². The summed E-state index contributed by atoms with van der Waals surface area (Å²) in [5.74, 6) is -2.44. The molecule has 0 spiro atoms. The van der Waals surface area contributed by atoms with Gasteiger partial charge < -0.3 is 19.5 Å². The molecule has 0 bridgehead atoms. The van der Waals surface area contributed by atoms with Crippen LogP contribution in [0.3, 0.4) is 0 Å². The van der Waals surface area contributed by atoms with Crippen molar-refractivity contribution in [3.8, 4) is 0 Å². The number of quaternary nitrogens is 1. The summed E-state index contributed by atoms with van der Waals surface area (Å²) in [4.78, 5) is 19.1. The van der Waals surface area contributed by atoms with E-state index in [1.165, 1.54) is 83.6 Å². The van der Waals surface area contributed by atoms with E-state index in [0.29, 0.717) is 0 Å². The number of unbranched alkanes of at least 4 members (excludes halogenated alkanes) is 11. The monoisotopic (exact) mass is 373 g/mol. The fourth-order valence-electron chi connectivity index (χ4n) is 2.64. The molecule has 0 aliphatic rings. The Bertz CT molecular complexity index is 323. The highest BCUT2D eigenvalue weighted by Crippen LogP contribution is 2.12. The van der Waals surface area contributed by atoms with E-state index < -0.39 is 18.4 Å². The van der Waals surface area contributed by atoms with E-state index in [0.717, 1.165) is 4.48 Å². The molecule has 0 aliphatic heterocycles. The molecule has 0 atom stereocenters. The molecule has 0 fully saturated rings. The molecule has 0 aromatic heterocycles. The molecule has 0 aromatic rings. The summed E-state index contributed by atoms with van der Waals surface area (Å²) < 4.78 is 1.12. The van der Waals surface area contributed by atoms with Crippen molar-refractivity contribution in [1.29, 1.82) is 0 Å². The summed E-state index contributed by atoms with van der Waals surface area (Å²) in [5, 5.41) is 17.4. The number of aliphatic carboxylic acids is 2. The van der Waals surface area contributed by atoms with Gasteiger partial charge in [-0.25, -0.2) is 0 Å². The van der Waals surface area contributed by atoms with Crippen molar-refractivity contribution < 1.29 is 24.3 Å². The van der Waals surface area contributed by atoms with E-state index in [1.54, 1.807) is 0 Å². The maximum Gasteiger partial charge on any atom is 0.303 e. The summed E-state index contributed by atoms with van der Waals surface area (Å²) in [7, 11) is 6.87. The third-order valence-electron chi connectivity index (χ3n) is 4.23. The molecule has 5 nitrogen and oxygen atoms in total. The first-order valence-corrected chi connectivity index (χ1v) is 10.4. The van der Waals surface area contributed by atoms with Gasteiger partial charge in [-0.15, -0.1) is 0 Å². The molecule has 5 heteroatoms. The van der Waals surface area contributed by atoms with Crippen molar-refractivity contribution in [2.75, 3.05) is 27.7 Å². The zero-order valence-electron chi connectivity index (χ0n) is 17.7. The van der Waals surface area contributed by atoms with E-state index in [1.807, 2.05) is 0 Å². The maximum atomic E-state index is 9.61. The Kier molecular flexibility index (Phi) is 19.5. The van der Waals surface area contributed by atoms with E-state index in [9.17, 15) is 14.7 Å². The molecule has 0 rings (SSSR count). The van der Waals surface area contributed by atoms with Gasteiger partial charge in [0.1, 0.15) is 0 Å². The summed E-state index contributed by atoms with van der Waals surface area (Å²) >= 11 is 0. The molecule has 0 saturated carbocycles. The van der Waals surface area contributed by atoms with Crippen molar-refractivity contribution >= 4 is 11.9 Å². The molecule has 26 heavy (non-hydrogen) atoms. The van der Waals surface area contributed by atoms with Crippen LogP contribution in [0.25, 0.3) is 0 Å². The van der Waals surface area contributed by atoms with E-state index in [2.05, 4.69) is 28.1 Å². The molecule has 156 valence electrons. The SMILES string of the molecule is CCCCCCCCCCCCCC[N+](C)(C)C.O=C([O-])CCC(=O)O. The van der Waals surface area contributed by atoms with Crippen LogP contribution in [0.15, 0.2) is 0 Å². The van der Waals surface area contributed by atoms with Gasteiger partial charge in [0.2, 0.25) is 0 Å². The summed E-state index contributed by atoms with van der Waals surface area (Å²) in [5.41, 5.74) is 0. The van der Waals surface area contributed by atoms with Crippen LogP contribution in [-0.2, 0) is 9.59 Å². The lowest BCUT2D eigenvalue weighted by molar-refractivity contribution is -0.870. The lowest BCUT2D eigenvalue weighted by Crippen LogP contribution is -2.35. The second kappa shape index (κ2) is 18.7. The molecular weight excluding hydrogens is 330 g/mol. The smallest absolute Gasteiger partial charge is 0.303 e. The van der Waals surface area contributed by atoms with Crippen molar-refractivity contribution in [3.63, 3.8) is 0 Å². The number of carboxylic acids is 2. The first-order valence-electron chi connectivity index (χ1n) is 10.4. The fraction of sp³-hybridized carbons (Fsp3) is 0.905. The first-order chi connectivity index (χ1) is 12.2. The average Bonchev–Trinajstić information content (AvgIpc) is 2.53. The van der Waals surface area contributed by atoms with Crippen LogP contribution in [0.4, 0.5) is 0 Å². The number of nitrogens with zero attached hydrogens (tertiary/aromatic N) is 1. The standard InChI is InChI=1S/C17H38N.C4H6O4/c1-5-6-7-8-9-10-11-12-13-14-15-16-17-18(2,3)4;5-3(6)1-2-4(7)8/h5-17H2,1-4H3;1-2H2,(H,5,6)(H,7,8)/q+1;/p-1. The van der Waals surface area contributed by atoms with Gasteiger partial charge in [0.05, 0.1) is 34.1 Å². The molecule has 0 aliphatic carbocycles. The number of rotatable bonds is 16. The van der Waals surface area contributed by atoms with Gasteiger partial charge >= 0.3 is 5.97 Å². The van der Waals surface area contributed by atoms with Crippen LogP contribution in [-0.4, -0.2) is 49.2 Å². The molecular formula is C21H43NO4. The number of carbonyl (C=O) groups is 2. The van der Waals surface area contributed by atoms with E-state index in [4.69, 9.17) is 5.11 Å². The fourth-order valence-corrected chi connectivity index (χ4v) is 2.64. The minimum absolute atomic E-state index is 0.359. The predicted octanol–water partition coefficient (Wildman–Crippen LogP) is 3.99. The number of carbonyl (C=O) groups excluding carboxylic acids is 1. The zero-order valence-corrected chi connectivity index (χ0v) is 17.7. The van der Waals surface area contributed by atoms with Gasteiger partial charge in [-0.05, 0) is 19.3 Å². The Morgan fingerprint density at radius 3 is 1.38 bits per heavy atom. The highest BCUT2D eigenvalue weighted by molar-refractivity contribution is 5.74. The minimum Gasteiger partial charge on any atom is -0.550 e. The van der Waals surface area contributed by atoms with E-state index >= 15 is 0 Å². The molecule has 0 heterocycles.